The van der Waals surface area contributed by atoms with Gasteiger partial charge in [-0.1, -0.05) is 36.3 Å². The van der Waals surface area contributed by atoms with Gasteiger partial charge in [-0.15, -0.1) is 6.42 Å². The van der Waals surface area contributed by atoms with Crippen molar-refractivity contribution in [3.05, 3.63) is 59.2 Å². The maximum atomic E-state index is 11.4. The van der Waals surface area contributed by atoms with E-state index in [4.69, 9.17) is 11.5 Å². The van der Waals surface area contributed by atoms with Crippen LogP contribution in [-0.2, 0) is 0 Å². The molecular weight excluding hydrogens is 256 g/mol. The Bertz CT molecular complexity index is 738. The molecular formula is C16H10O4. The van der Waals surface area contributed by atoms with Gasteiger partial charge in [-0.05, 0) is 23.3 Å². The Morgan fingerprint density at radius 1 is 0.900 bits per heavy atom. The first-order valence-corrected chi connectivity index (χ1v) is 5.72. The first kappa shape index (κ1) is 13.4. The van der Waals surface area contributed by atoms with Crippen LogP contribution < -0.4 is 0 Å². The molecule has 4 heteroatoms. The minimum atomic E-state index is -1.30. The summed E-state index contributed by atoms with van der Waals surface area (Å²) in [4.78, 5) is 22.6. The molecule has 0 aliphatic rings. The SMILES string of the molecule is C#Cc1ccccc1-c1cccc(C(=O)O)c1C(=O)O. The molecule has 0 fully saturated rings. The molecule has 20 heavy (non-hydrogen) atoms. The van der Waals surface area contributed by atoms with Gasteiger partial charge in [-0.2, -0.15) is 0 Å². The van der Waals surface area contributed by atoms with E-state index < -0.39 is 11.9 Å². The Morgan fingerprint density at radius 2 is 1.55 bits per heavy atom. The van der Waals surface area contributed by atoms with Gasteiger partial charge in [0.2, 0.25) is 0 Å². The molecule has 0 saturated heterocycles. The summed E-state index contributed by atoms with van der Waals surface area (Å²) in [5.74, 6) is -0.122. The molecule has 2 rings (SSSR count). The molecule has 0 aliphatic carbocycles. The van der Waals surface area contributed by atoms with Crippen molar-refractivity contribution in [1.29, 1.82) is 0 Å². The molecule has 0 unspecified atom stereocenters. The maximum Gasteiger partial charge on any atom is 0.337 e. The Balaban J connectivity index is 2.82. The Kier molecular flexibility index (Phi) is 3.54. The predicted octanol–water partition coefficient (Wildman–Crippen LogP) is 2.73. The number of terminal acetylenes is 1. The van der Waals surface area contributed by atoms with Gasteiger partial charge in [0.15, 0.2) is 0 Å². The third-order valence-corrected chi connectivity index (χ3v) is 2.88. The number of aromatic carboxylic acids is 2. The largest absolute Gasteiger partial charge is 0.478 e. The lowest BCUT2D eigenvalue weighted by Gasteiger charge is -2.11. The maximum absolute atomic E-state index is 11.4. The normalized spacial score (nSPS) is 9.75. The number of carbonyl (C=O) groups is 2. The third-order valence-electron chi connectivity index (χ3n) is 2.88. The number of hydrogen-bond donors (Lipinski definition) is 2. The van der Waals surface area contributed by atoms with Crippen LogP contribution in [0.15, 0.2) is 42.5 Å². The van der Waals surface area contributed by atoms with Crippen LogP contribution in [0.3, 0.4) is 0 Å². The van der Waals surface area contributed by atoms with E-state index in [1.165, 1.54) is 12.1 Å². The Hall–Kier alpha value is -3.06. The highest BCUT2D eigenvalue weighted by Crippen LogP contribution is 2.29. The average Bonchev–Trinajstić information content (AvgIpc) is 2.46. The summed E-state index contributed by atoms with van der Waals surface area (Å²) in [7, 11) is 0. The van der Waals surface area contributed by atoms with Crippen molar-refractivity contribution in [2.24, 2.45) is 0 Å². The van der Waals surface area contributed by atoms with Crippen LogP contribution in [-0.4, -0.2) is 22.2 Å². The fraction of sp³-hybridized carbons (Fsp3) is 0. The number of benzene rings is 2. The molecule has 98 valence electrons. The van der Waals surface area contributed by atoms with Gasteiger partial charge in [-0.25, -0.2) is 9.59 Å². The first-order valence-electron chi connectivity index (χ1n) is 5.72. The molecule has 0 spiro atoms. The molecule has 0 atom stereocenters. The zero-order valence-corrected chi connectivity index (χ0v) is 10.3. The average molecular weight is 266 g/mol. The monoisotopic (exact) mass is 266 g/mol. The van der Waals surface area contributed by atoms with E-state index in [0.717, 1.165) is 0 Å². The van der Waals surface area contributed by atoms with E-state index in [1.54, 1.807) is 30.3 Å². The third kappa shape index (κ3) is 2.25. The summed E-state index contributed by atoms with van der Waals surface area (Å²) >= 11 is 0. The van der Waals surface area contributed by atoms with E-state index in [-0.39, 0.29) is 11.1 Å². The van der Waals surface area contributed by atoms with Gasteiger partial charge in [0.05, 0.1) is 11.1 Å². The van der Waals surface area contributed by atoms with Gasteiger partial charge in [0.25, 0.3) is 0 Å². The van der Waals surface area contributed by atoms with Crippen LogP contribution in [0.4, 0.5) is 0 Å². The molecule has 2 aromatic carbocycles. The zero-order chi connectivity index (χ0) is 14.7. The fourth-order valence-electron chi connectivity index (χ4n) is 2.03. The summed E-state index contributed by atoms with van der Waals surface area (Å²) in [5, 5.41) is 18.4. The van der Waals surface area contributed by atoms with Gasteiger partial charge < -0.3 is 10.2 Å². The van der Waals surface area contributed by atoms with Crippen molar-refractivity contribution in [2.45, 2.75) is 0 Å². The second kappa shape index (κ2) is 5.29. The molecule has 0 bridgehead atoms. The standard InChI is InChI=1S/C16H10O4/c1-2-10-6-3-4-7-11(10)12-8-5-9-13(15(17)18)14(12)16(19)20/h1,3-9H,(H,17,18)(H,19,20). The van der Waals surface area contributed by atoms with Crippen LogP contribution in [0.5, 0.6) is 0 Å². The van der Waals surface area contributed by atoms with Crippen LogP contribution in [0.2, 0.25) is 0 Å². The van der Waals surface area contributed by atoms with E-state index in [9.17, 15) is 14.7 Å². The van der Waals surface area contributed by atoms with Crippen molar-refractivity contribution in [1.82, 2.24) is 0 Å². The lowest BCUT2D eigenvalue weighted by Crippen LogP contribution is -2.10. The highest BCUT2D eigenvalue weighted by molar-refractivity contribution is 6.07. The van der Waals surface area contributed by atoms with Crippen LogP contribution in [0, 0.1) is 12.3 Å². The zero-order valence-electron chi connectivity index (χ0n) is 10.3. The molecule has 0 amide bonds. The van der Waals surface area contributed by atoms with Crippen molar-refractivity contribution >= 4 is 11.9 Å². The molecule has 0 heterocycles. The highest BCUT2D eigenvalue weighted by Gasteiger charge is 2.21. The first-order chi connectivity index (χ1) is 9.56. The summed E-state index contributed by atoms with van der Waals surface area (Å²) in [6, 6.07) is 11.1. The molecule has 0 radical (unpaired) electrons. The molecule has 4 nitrogen and oxygen atoms in total. The lowest BCUT2D eigenvalue weighted by atomic mass is 9.92. The summed E-state index contributed by atoms with van der Waals surface area (Å²) in [6.45, 7) is 0. The predicted molar refractivity (Wildman–Crippen MR) is 73.7 cm³/mol. The van der Waals surface area contributed by atoms with Gasteiger partial charge >= 0.3 is 11.9 Å². The molecule has 0 aliphatic heterocycles. The number of carboxylic acid groups (broad SMARTS) is 2. The minimum Gasteiger partial charge on any atom is -0.478 e. The minimum absolute atomic E-state index is 0.261. The van der Waals surface area contributed by atoms with Gasteiger partial charge in [0.1, 0.15) is 0 Å². The molecule has 2 N–H and O–H groups in total. The number of hydrogen-bond acceptors (Lipinski definition) is 2. The quantitative estimate of drug-likeness (QED) is 0.838. The lowest BCUT2D eigenvalue weighted by molar-refractivity contribution is 0.0652. The van der Waals surface area contributed by atoms with Crippen molar-refractivity contribution < 1.29 is 19.8 Å². The van der Waals surface area contributed by atoms with Crippen molar-refractivity contribution in [2.75, 3.05) is 0 Å². The number of carboxylic acids is 2. The summed E-state index contributed by atoms with van der Waals surface area (Å²) in [5.41, 5.74) is 0.809. The van der Waals surface area contributed by atoms with E-state index >= 15 is 0 Å². The Labute approximate surface area is 115 Å². The highest BCUT2D eigenvalue weighted by atomic mass is 16.4. The van der Waals surface area contributed by atoms with Crippen molar-refractivity contribution in [3.8, 4) is 23.5 Å². The topological polar surface area (TPSA) is 74.6 Å². The molecule has 0 saturated carbocycles. The fourth-order valence-corrected chi connectivity index (χ4v) is 2.03. The second-order valence-corrected chi connectivity index (χ2v) is 4.03. The number of rotatable bonds is 3. The van der Waals surface area contributed by atoms with Gasteiger partial charge in [-0.3, -0.25) is 0 Å². The van der Waals surface area contributed by atoms with Crippen LogP contribution in [0.25, 0.3) is 11.1 Å². The smallest absolute Gasteiger partial charge is 0.337 e. The summed E-state index contributed by atoms with van der Waals surface area (Å²) in [6.07, 6.45) is 5.40. The summed E-state index contributed by atoms with van der Waals surface area (Å²) < 4.78 is 0. The van der Waals surface area contributed by atoms with Crippen LogP contribution in [0.1, 0.15) is 26.3 Å². The molecule has 0 aromatic heterocycles. The van der Waals surface area contributed by atoms with E-state index in [1.807, 2.05) is 0 Å². The van der Waals surface area contributed by atoms with Crippen LogP contribution >= 0.6 is 0 Å². The molecule has 2 aromatic rings. The Morgan fingerprint density at radius 3 is 2.15 bits per heavy atom. The van der Waals surface area contributed by atoms with Gasteiger partial charge in [0, 0.05) is 5.56 Å². The van der Waals surface area contributed by atoms with E-state index in [0.29, 0.717) is 16.7 Å². The second-order valence-electron chi connectivity index (χ2n) is 4.03. The van der Waals surface area contributed by atoms with E-state index in [2.05, 4.69) is 5.92 Å². The van der Waals surface area contributed by atoms with Crippen molar-refractivity contribution in [3.63, 3.8) is 0 Å².